The van der Waals surface area contributed by atoms with Gasteiger partial charge in [0.15, 0.2) is 11.2 Å². The number of phosphoric ester groups is 1. The van der Waals surface area contributed by atoms with Gasteiger partial charge in [0.05, 0.1) is 19.0 Å². The third kappa shape index (κ3) is 6.80. The summed E-state index contributed by atoms with van der Waals surface area (Å²) in [6.07, 6.45) is -6.42. The minimum Gasteiger partial charge on any atom is -0.394 e. The van der Waals surface area contributed by atoms with Crippen LogP contribution in [0, 0.1) is 0 Å². The SMILES string of the molecule is CCN(CC)CC.O=c1[nH]c(N[C@H]2c3c(cc4ccc5cccc6ccc3c4c56)[C@@H](O)[C@H](O)[C@H]2O)nc2c1ncn2C1CC(OP(=O)(O)O)C(CO)O1. The second-order valence-electron chi connectivity index (χ2n) is 13.3. The van der Waals surface area contributed by atoms with Crippen molar-refractivity contribution in [1.82, 2.24) is 24.4 Å². The zero-order valence-electron chi connectivity index (χ0n) is 29.3. The van der Waals surface area contributed by atoms with Crippen LogP contribution in [0.3, 0.4) is 0 Å². The Morgan fingerprint density at radius 2 is 1.68 bits per heavy atom. The monoisotopic (exact) mass is 750 g/mol. The number of imidazole rings is 1. The molecule has 7 atom stereocenters. The molecule has 0 saturated carbocycles. The first-order valence-corrected chi connectivity index (χ1v) is 19.1. The van der Waals surface area contributed by atoms with Gasteiger partial charge in [-0.05, 0) is 69.1 Å². The Labute approximate surface area is 303 Å². The maximum absolute atomic E-state index is 13.2. The molecule has 4 aromatic carbocycles. The van der Waals surface area contributed by atoms with E-state index in [1.54, 1.807) is 6.07 Å². The first kappa shape index (κ1) is 37.3. The van der Waals surface area contributed by atoms with Crippen LogP contribution in [-0.4, -0.2) is 105 Å². The maximum atomic E-state index is 13.2. The number of hydrogen-bond donors (Lipinski definition) is 8. The number of benzene rings is 4. The molecule has 8 N–H and O–H groups in total. The molecule has 2 aliphatic rings. The molecule has 1 aliphatic heterocycles. The van der Waals surface area contributed by atoms with Gasteiger partial charge >= 0.3 is 7.82 Å². The maximum Gasteiger partial charge on any atom is 0.469 e. The topological polar surface area (TPSA) is 236 Å². The number of aliphatic hydroxyl groups is 4. The summed E-state index contributed by atoms with van der Waals surface area (Å²) < 4.78 is 23.4. The number of H-pyrrole nitrogens is 1. The molecule has 0 amide bonds. The van der Waals surface area contributed by atoms with Gasteiger partial charge in [-0.2, -0.15) is 4.98 Å². The van der Waals surface area contributed by atoms with Crippen LogP contribution in [0.5, 0.6) is 0 Å². The van der Waals surface area contributed by atoms with Crippen LogP contribution in [0.15, 0.2) is 59.7 Å². The van der Waals surface area contributed by atoms with Gasteiger partial charge in [-0.1, -0.05) is 63.2 Å². The molecule has 17 heteroatoms. The van der Waals surface area contributed by atoms with Gasteiger partial charge in [0.2, 0.25) is 5.95 Å². The highest BCUT2D eigenvalue weighted by Gasteiger charge is 2.43. The fourth-order valence-corrected chi connectivity index (χ4v) is 8.26. The van der Waals surface area contributed by atoms with E-state index in [-0.39, 0.29) is 23.5 Å². The third-order valence-corrected chi connectivity index (χ3v) is 10.9. The van der Waals surface area contributed by atoms with Crippen LogP contribution in [0.25, 0.3) is 43.5 Å². The van der Waals surface area contributed by atoms with E-state index < -0.39 is 62.8 Å². The lowest BCUT2D eigenvalue weighted by atomic mass is 9.77. The van der Waals surface area contributed by atoms with E-state index in [2.05, 4.69) is 45.9 Å². The summed E-state index contributed by atoms with van der Waals surface area (Å²) in [7, 11) is -4.89. The number of anilines is 1. The predicted octanol–water partition coefficient (Wildman–Crippen LogP) is 3.04. The Hall–Kier alpha value is -4.06. The number of phosphoric acid groups is 1. The number of rotatable bonds is 9. The standard InChI is InChI=1S/C30H28N5O10P.C6H15N/c36-10-18-17(45-46(41,42)43)9-19(44-18)35-11-31-24-28(35)33-30(34-29(24)40)32-23-22-15-7-6-13-3-1-2-12-4-5-14(21(15)20(12)13)8-16(22)25(37)27(39)26(23)38;1-4-7(5-2)6-3/h1-8,11,17-19,23,25-27,36-39H,9-10H2,(H2,41,42,43)(H2,32,33,34,40);4-6H2,1-3H3/t17?,18?,19?,23-,25+,26-,27-;/m0./s1. The van der Waals surface area contributed by atoms with E-state index >= 15 is 0 Å². The van der Waals surface area contributed by atoms with Gasteiger partial charge in [-0.15, -0.1) is 0 Å². The van der Waals surface area contributed by atoms with Crippen LogP contribution < -0.4 is 10.9 Å². The van der Waals surface area contributed by atoms with Gasteiger partial charge in [-0.25, -0.2) is 9.55 Å². The third-order valence-electron chi connectivity index (χ3n) is 10.4. The smallest absolute Gasteiger partial charge is 0.394 e. The number of nitrogens with zero attached hydrogens (tertiary/aromatic N) is 4. The molecule has 0 radical (unpaired) electrons. The summed E-state index contributed by atoms with van der Waals surface area (Å²) in [4.78, 5) is 45.4. The Morgan fingerprint density at radius 3 is 2.32 bits per heavy atom. The molecule has 6 aromatic rings. The highest BCUT2D eigenvalue weighted by atomic mass is 31.2. The van der Waals surface area contributed by atoms with Crippen molar-refractivity contribution in [2.24, 2.45) is 0 Å². The van der Waals surface area contributed by atoms with Crippen molar-refractivity contribution in [3.05, 3.63) is 76.3 Å². The van der Waals surface area contributed by atoms with Crippen molar-refractivity contribution in [1.29, 1.82) is 0 Å². The van der Waals surface area contributed by atoms with Crippen molar-refractivity contribution in [3.8, 4) is 0 Å². The largest absolute Gasteiger partial charge is 0.469 e. The lowest BCUT2D eigenvalue weighted by Gasteiger charge is -2.38. The molecule has 53 heavy (non-hydrogen) atoms. The van der Waals surface area contributed by atoms with E-state index in [0.29, 0.717) is 11.1 Å². The van der Waals surface area contributed by atoms with E-state index in [9.17, 15) is 39.6 Å². The van der Waals surface area contributed by atoms with E-state index in [1.807, 2.05) is 42.5 Å². The van der Waals surface area contributed by atoms with Gasteiger partial charge < -0.3 is 45.2 Å². The zero-order chi connectivity index (χ0) is 37.8. The number of aromatic amines is 1. The van der Waals surface area contributed by atoms with Gasteiger partial charge in [0.1, 0.15) is 36.7 Å². The van der Waals surface area contributed by atoms with Crippen molar-refractivity contribution in [2.75, 3.05) is 31.6 Å². The summed E-state index contributed by atoms with van der Waals surface area (Å²) in [5.41, 5.74) is 0.311. The lowest BCUT2D eigenvalue weighted by Crippen LogP contribution is -2.44. The van der Waals surface area contributed by atoms with Gasteiger partial charge in [-0.3, -0.25) is 18.9 Å². The first-order valence-electron chi connectivity index (χ1n) is 17.6. The molecule has 1 aliphatic carbocycles. The Balaban J connectivity index is 0.000000568. The number of ether oxygens (including phenoxy) is 1. The fraction of sp³-hybridized carbons (Fsp3) is 0.417. The number of aliphatic hydroxyl groups excluding tert-OH is 4. The number of nitrogens with one attached hydrogen (secondary N) is 2. The zero-order valence-corrected chi connectivity index (χ0v) is 30.2. The normalized spacial score (nSPS) is 24.7. The second-order valence-corrected chi connectivity index (χ2v) is 14.5. The van der Waals surface area contributed by atoms with Gasteiger partial charge in [0, 0.05) is 6.42 Å². The summed E-state index contributed by atoms with van der Waals surface area (Å²) in [6, 6.07) is 14.6. The average molecular weight is 751 g/mol. The minimum atomic E-state index is -4.89. The summed E-state index contributed by atoms with van der Waals surface area (Å²) in [6.45, 7) is 9.55. The highest BCUT2D eigenvalue weighted by Crippen LogP contribution is 2.47. The quantitative estimate of drug-likeness (QED) is 0.0784. The van der Waals surface area contributed by atoms with Crippen molar-refractivity contribution in [3.63, 3.8) is 0 Å². The lowest BCUT2D eigenvalue weighted by molar-refractivity contribution is -0.0767. The molecule has 1 saturated heterocycles. The molecule has 282 valence electrons. The van der Waals surface area contributed by atoms with Crippen molar-refractivity contribution >= 4 is 57.3 Å². The Morgan fingerprint density at radius 1 is 1.00 bits per heavy atom. The van der Waals surface area contributed by atoms with Crippen LogP contribution in [0.2, 0.25) is 0 Å². The first-order chi connectivity index (χ1) is 25.4. The molecule has 1 fully saturated rings. The predicted molar refractivity (Wildman–Crippen MR) is 198 cm³/mol. The van der Waals surface area contributed by atoms with E-state index in [1.165, 1.54) is 30.5 Å². The highest BCUT2D eigenvalue weighted by molar-refractivity contribution is 7.46. The van der Waals surface area contributed by atoms with Crippen LogP contribution >= 0.6 is 7.82 Å². The molecular formula is C36H43N6O10P. The minimum absolute atomic E-state index is 0.0475. The van der Waals surface area contributed by atoms with E-state index in [4.69, 9.17) is 9.26 Å². The summed E-state index contributed by atoms with van der Waals surface area (Å²) in [5.74, 6) is -0.0803. The van der Waals surface area contributed by atoms with Crippen LogP contribution in [0.1, 0.15) is 56.7 Å². The van der Waals surface area contributed by atoms with Crippen molar-refractivity contribution in [2.45, 2.75) is 70.0 Å². The molecule has 2 aromatic heterocycles. The Kier molecular flexibility index (Phi) is 10.3. The Bertz CT molecular complexity index is 2340. The summed E-state index contributed by atoms with van der Waals surface area (Å²) >= 11 is 0. The summed E-state index contributed by atoms with van der Waals surface area (Å²) in [5, 5.41) is 51.7. The number of hydrogen-bond acceptors (Lipinski definition) is 12. The number of fused-ring (bicyclic) bond motifs is 3. The second kappa shape index (κ2) is 14.6. The van der Waals surface area contributed by atoms with Gasteiger partial charge in [0.25, 0.3) is 5.56 Å². The average Bonchev–Trinajstić information content (AvgIpc) is 3.75. The molecule has 16 nitrogen and oxygen atoms in total. The molecule has 3 heterocycles. The molecule has 0 bridgehead atoms. The molecular weight excluding hydrogens is 707 g/mol. The number of aromatic nitrogens is 4. The molecule has 0 spiro atoms. The molecule has 8 rings (SSSR count). The van der Waals surface area contributed by atoms with Crippen molar-refractivity contribution < 1.29 is 44.0 Å². The molecule has 3 unspecified atom stereocenters. The van der Waals surface area contributed by atoms with Crippen LogP contribution in [0.4, 0.5) is 5.95 Å². The van der Waals surface area contributed by atoms with E-state index in [0.717, 1.165) is 32.3 Å². The van der Waals surface area contributed by atoms with Crippen LogP contribution in [-0.2, 0) is 13.8 Å². The fourth-order valence-electron chi connectivity index (χ4n) is 7.69.